The number of nitrogens with one attached hydrogen (secondary N) is 2. The molecule has 30 heavy (non-hydrogen) atoms. The monoisotopic (exact) mass is 463 g/mol. The Labute approximate surface area is 183 Å². The Balaban J connectivity index is 1.40. The van der Waals surface area contributed by atoms with Crippen LogP contribution < -0.4 is 15.8 Å². The molecule has 0 saturated carbocycles. The summed E-state index contributed by atoms with van der Waals surface area (Å²) in [6.07, 6.45) is 0.588. The second kappa shape index (κ2) is 10.0. The van der Waals surface area contributed by atoms with E-state index in [0.29, 0.717) is 22.4 Å². The van der Waals surface area contributed by atoms with Gasteiger partial charge in [0.2, 0.25) is 21.1 Å². The first-order chi connectivity index (χ1) is 14.3. The van der Waals surface area contributed by atoms with Crippen LogP contribution in [0.4, 0.5) is 10.8 Å². The second-order valence-electron chi connectivity index (χ2n) is 6.45. The lowest BCUT2D eigenvalue weighted by atomic mass is 10.1. The van der Waals surface area contributed by atoms with E-state index in [1.165, 1.54) is 35.2 Å². The van der Waals surface area contributed by atoms with Crippen molar-refractivity contribution in [1.29, 1.82) is 0 Å². The highest BCUT2D eigenvalue weighted by Crippen LogP contribution is 2.27. The third-order valence-electron chi connectivity index (χ3n) is 3.99. The Kier molecular flexibility index (Phi) is 7.43. The molecule has 11 heteroatoms. The number of carbonyl (C=O) groups excluding carboxylic acids is 1. The average Bonchev–Trinajstić information content (AvgIpc) is 3.13. The van der Waals surface area contributed by atoms with Gasteiger partial charge in [-0.05, 0) is 48.7 Å². The number of nitrogens with two attached hydrogens (primary N) is 1. The maximum absolute atomic E-state index is 12.0. The molecule has 3 aromatic rings. The van der Waals surface area contributed by atoms with Crippen LogP contribution in [-0.4, -0.2) is 36.8 Å². The lowest BCUT2D eigenvalue weighted by molar-refractivity contribution is -0.118. The van der Waals surface area contributed by atoms with E-state index >= 15 is 0 Å². The van der Waals surface area contributed by atoms with Gasteiger partial charge in [0.1, 0.15) is 0 Å². The fourth-order valence-electron chi connectivity index (χ4n) is 2.54. The van der Waals surface area contributed by atoms with E-state index in [9.17, 15) is 13.2 Å². The minimum atomic E-state index is -3.69. The number of aryl methyl sites for hydroxylation is 1. The molecule has 0 aliphatic carbocycles. The second-order valence-corrected chi connectivity index (χ2v) is 10.2. The first-order valence-corrected chi connectivity index (χ1v) is 12.3. The zero-order chi connectivity index (χ0) is 21.6. The highest BCUT2D eigenvalue weighted by Gasteiger charge is 2.09. The minimum absolute atomic E-state index is 0.0694. The maximum Gasteiger partial charge on any atom is 0.238 e. The van der Waals surface area contributed by atoms with E-state index in [4.69, 9.17) is 5.14 Å². The first kappa shape index (κ1) is 22.2. The van der Waals surface area contributed by atoms with Crippen LogP contribution in [0.5, 0.6) is 0 Å². The van der Waals surface area contributed by atoms with Gasteiger partial charge < -0.3 is 10.6 Å². The van der Waals surface area contributed by atoms with Crippen molar-refractivity contribution in [1.82, 2.24) is 15.5 Å². The van der Waals surface area contributed by atoms with Crippen molar-refractivity contribution in [3.8, 4) is 0 Å². The molecule has 4 N–H and O–H groups in total. The number of rotatable bonds is 9. The number of carbonyl (C=O) groups is 1. The van der Waals surface area contributed by atoms with Crippen molar-refractivity contribution in [2.24, 2.45) is 5.14 Å². The highest BCUT2D eigenvalue weighted by atomic mass is 32.2. The van der Waals surface area contributed by atoms with Gasteiger partial charge in [0.25, 0.3) is 0 Å². The molecule has 1 amide bonds. The van der Waals surface area contributed by atoms with Crippen molar-refractivity contribution in [3.05, 3.63) is 59.7 Å². The van der Waals surface area contributed by atoms with Crippen LogP contribution >= 0.6 is 23.1 Å². The Morgan fingerprint density at radius 2 is 1.93 bits per heavy atom. The van der Waals surface area contributed by atoms with Crippen LogP contribution in [0.15, 0.2) is 57.8 Å². The number of benzene rings is 2. The molecule has 2 aromatic carbocycles. The van der Waals surface area contributed by atoms with Gasteiger partial charge in [-0.25, -0.2) is 13.6 Å². The predicted molar refractivity (Wildman–Crippen MR) is 120 cm³/mol. The van der Waals surface area contributed by atoms with E-state index in [1.807, 2.05) is 31.2 Å². The van der Waals surface area contributed by atoms with E-state index in [-0.39, 0.29) is 16.6 Å². The molecule has 0 spiro atoms. The van der Waals surface area contributed by atoms with Crippen LogP contribution in [0.1, 0.15) is 11.1 Å². The average molecular weight is 464 g/mol. The SMILES string of the molecule is Cc1cccc(Nc2nnc(SCC(=O)NCCc3ccc(S(N)(=O)=O)cc3)s2)c1. The van der Waals surface area contributed by atoms with Crippen molar-refractivity contribution in [3.63, 3.8) is 0 Å². The summed E-state index contributed by atoms with van der Waals surface area (Å²) in [5, 5.41) is 20.0. The lowest BCUT2D eigenvalue weighted by Crippen LogP contribution is -2.27. The summed E-state index contributed by atoms with van der Waals surface area (Å²) >= 11 is 2.72. The van der Waals surface area contributed by atoms with Gasteiger partial charge in [0.15, 0.2) is 4.34 Å². The Bertz CT molecular complexity index is 1110. The van der Waals surface area contributed by atoms with Crippen molar-refractivity contribution in [2.45, 2.75) is 22.6 Å². The summed E-state index contributed by atoms with van der Waals surface area (Å²) < 4.78 is 23.2. The molecular weight excluding hydrogens is 442 g/mol. The molecule has 0 aliphatic rings. The molecule has 0 saturated heterocycles. The fourth-order valence-corrected chi connectivity index (χ4v) is 4.65. The van der Waals surface area contributed by atoms with Gasteiger partial charge >= 0.3 is 0 Å². The van der Waals surface area contributed by atoms with Gasteiger partial charge in [-0.15, -0.1) is 10.2 Å². The molecule has 158 valence electrons. The molecular formula is C19H21N5O3S3. The molecule has 3 rings (SSSR count). The summed E-state index contributed by atoms with van der Waals surface area (Å²) in [5.41, 5.74) is 3.00. The molecule has 0 unspecified atom stereocenters. The molecule has 0 radical (unpaired) electrons. The van der Waals surface area contributed by atoms with Gasteiger partial charge in [-0.1, -0.05) is 47.4 Å². The Hall–Kier alpha value is -2.47. The normalized spacial score (nSPS) is 11.3. The van der Waals surface area contributed by atoms with Crippen molar-refractivity contribution < 1.29 is 13.2 Å². The topological polar surface area (TPSA) is 127 Å². The highest BCUT2D eigenvalue weighted by molar-refractivity contribution is 8.01. The smallest absolute Gasteiger partial charge is 0.238 e. The van der Waals surface area contributed by atoms with Gasteiger partial charge in [-0.2, -0.15) is 0 Å². The number of primary sulfonamides is 1. The van der Waals surface area contributed by atoms with Crippen LogP contribution in [-0.2, 0) is 21.2 Å². The summed E-state index contributed by atoms with van der Waals surface area (Å²) in [6.45, 7) is 2.47. The van der Waals surface area contributed by atoms with E-state index < -0.39 is 10.0 Å². The van der Waals surface area contributed by atoms with E-state index in [2.05, 4.69) is 20.8 Å². The maximum atomic E-state index is 12.0. The molecule has 8 nitrogen and oxygen atoms in total. The van der Waals surface area contributed by atoms with Gasteiger partial charge in [0, 0.05) is 12.2 Å². The van der Waals surface area contributed by atoms with Gasteiger partial charge in [0.05, 0.1) is 10.6 Å². The number of hydrogen-bond donors (Lipinski definition) is 3. The van der Waals surface area contributed by atoms with Crippen LogP contribution in [0.3, 0.4) is 0 Å². The molecule has 0 bridgehead atoms. The number of thioether (sulfide) groups is 1. The zero-order valence-electron chi connectivity index (χ0n) is 16.2. The molecule has 1 heterocycles. The van der Waals surface area contributed by atoms with Crippen molar-refractivity contribution >= 4 is 49.8 Å². The summed E-state index contributed by atoms with van der Waals surface area (Å²) in [5.74, 6) is 0.133. The number of hydrogen-bond acceptors (Lipinski definition) is 8. The lowest BCUT2D eigenvalue weighted by Gasteiger charge is -2.05. The molecule has 1 aromatic heterocycles. The Morgan fingerprint density at radius 3 is 2.63 bits per heavy atom. The number of sulfonamides is 1. The van der Waals surface area contributed by atoms with E-state index in [0.717, 1.165) is 16.8 Å². The quantitative estimate of drug-likeness (QED) is 0.416. The Morgan fingerprint density at radius 1 is 1.17 bits per heavy atom. The summed E-state index contributed by atoms with van der Waals surface area (Å²) in [6, 6.07) is 14.2. The minimum Gasteiger partial charge on any atom is -0.355 e. The summed E-state index contributed by atoms with van der Waals surface area (Å²) in [7, 11) is -3.69. The zero-order valence-corrected chi connectivity index (χ0v) is 18.6. The van der Waals surface area contributed by atoms with E-state index in [1.54, 1.807) is 12.1 Å². The molecule has 0 fully saturated rings. The first-order valence-electron chi connectivity index (χ1n) is 8.98. The van der Waals surface area contributed by atoms with Crippen LogP contribution in [0.25, 0.3) is 0 Å². The fraction of sp³-hybridized carbons (Fsp3) is 0.211. The van der Waals surface area contributed by atoms with Crippen molar-refractivity contribution in [2.75, 3.05) is 17.6 Å². The number of aromatic nitrogens is 2. The summed E-state index contributed by atoms with van der Waals surface area (Å²) in [4.78, 5) is 12.1. The number of nitrogens with zero attached hydrogens (tertiary/aromatic N) is 2. The standard InChI is InChI=1S/C19H21N5O3S3/c1-13-3-2-4-15(11-13)22-18-23-24-19(29-18)28-12-17(25)21-10-9-14-5-7-16(8-6-14)30(20,26)27/h2-8,11H,9-10,12H2,1H3,(H,21,25)(H,22,23)(H2,20,26,27). The molecule has 0 aliphatic heterocycles. The third kappa shape index (κ3) is 6.80. The number of amides is 1. The number of anilines is 2. The van der Waals surface area contributed by atoms with Crippen LogP contribution in [0.2, 0.25) is 0 Å². The predicted octanol–water partition coefficient (Wildman–Crippen LogP) is 2.69. The third-order valence-corrected chi connectivity index (χ3v) is 6.89. The largest absolute Gasteiger partial charge is 0.355 e. The molecule has 0 atom stereocenters. The van der Waals surface area contributed by atoms with Crippen LogP contribution in [0, 0.1) is 6.92 Å². The van der Waals surface area contributed by atoms with Gasteiger partial charge in [-0.3, -0.25) is 4.79 Å².